The maximum atomic E-state index is 14.2. The van der Waals surface area contributed by atoms with Crippen LogP contribution in [0.4, 0.5) is 4.39 Å². The Morgan fingerprint density at radius 3 is 2.82 bits per heavy atom. The van der Waals surface area contributed by atoms with Crippen molar-refractivity contribution in [1.82, 2.24) is 10.2 Å². The van der Waals surface area contributed by atoms with E-state index in [1.54, 1.807) is 23.1 Å². The summed E-state index contributed by atoms with van der Waals surface area (Å²) >= 11 is 0. The quantitative estimate of drug-likeness (QED) is 0.859. The first-order valence-corrected chi connectivity index (χ1v) is 7.52. The van der Waals surface area contributed by atoms with Crippen LogP contribution < -0.4 is 5.32 Å². The number of aliphatic hydroxyl groups excluding tert-OH is 1. The predicted octanol–water partition coefficient (Wildman–Crippen LogP) is 1.23. The Hall–Kier alpha value is -1.95. The number of amides is 2. The summed E-state index contributed by atoms with van der Waals surface area (Å²) in [6.45, 7) is 2.24. The molecule has 22 heavy (non-hydrogen) atoms. The van der Waals surface area contributed by atoms with Crippen LogP contribution in [0.1, 0.15) is 31.4 Å². The first kappa shape index (κ1) is 16.4. The van der Waals surface area contributed by atoms with Crippen molar-refractivity contribution in [2.24, 2.45) is 5.92 Å². The van der Waals surface area contributed by atoms with E-state index in [1.807, 2.05) is 6.92 Å². The summed E-state index contributed by atoms with van der Waals surface area (Å²) in [4.78, 5) is 26.0. The number of hydrogen-bond acceptors (Lipinski definition) is 3. The third kappa shape index (κ3) is 3.27. The summed E-state index contributed by atoms with van der Waals surface area (Å²) < 4.78 is 14.2. The molecule has 1 saturated heterocycles. The lowest BCUT2D eigenvalue weighted by Gasteiger charge is -2.40. The number of benzene rings is 1. The van der Waals surface area contributed by atoms with Gasteiger partial charge in [0.25, 0.3) is 0 Å². The van der Waals surface area contributed by atoms with Crippen LogP contribution in [0.5, 0.6) is 0 Å². The fourth-order valence-corrected chi connectivity index (χ4v) is 3.01. The van der Waals surface area contributed by atoms with Gasteiger partial charge in [-0.05, 0) is 19.4 Å². The Morgan fingerprint density at radius 1 is 1.45 bits per heavy atom. The number of nitrogens with zero attached hydrogens (tertiary/aromatic N) is 1. The third-order valence-corrected chi connectivity index (χ3v) is 4.02. The van der Waals surface area contributed by atoms with E-state index in [4.69, 9.17) is 5.11 Å². The van der Waals surface area contributed by atoms with Gasteiger partial charge in [0.15, 0.2) is 0 Å². The molecule has 1 aromatic carbocycles. The average molecular weight is 308 g/mol. The van der Waals surface area contributed by atoms with Gasteiger partial charge in [-0.1, -0.05) is 18.2 Å². The molecule has 2 amide bonds. The van der Waals surface area contributed by atoms with Crippen molar-refractivity contribution < 1.29 is 19.1 Å². The first-order valence-electron chi connectivity index (χ1n) is 7.52. The van der Waals surface area contributed by atoms with Gasteiger partial charge in [-0.3, -0.25) is 9.59 Å². The monoisotopic (exact) mass is 308 g/mol. The molecule has 0 aliphatic carbocycles. The molecule has 1 fully saturated rings. The van der Waals surface area contributed by atoms with Gasteiger partial charge < -0.3 is 15.3 Å². The van der Waals surface area contributed by atoms with Crippen molar-refractivity contribution in [2.45, 2.75) is 25.8 Å². The number of carbonyl (C=O) groups excluding carboxylic acids is 2. The number of aliphatic hydroxyl groups is 1. The molecule has 1 aliphatic rings. The van der Waals surface area contributed by atoms with Crippen LogP contribution in [-0.4, -0.2) is 41.5 Å². The molecule has 0 aromatic heterocycles. The minimum absolute atomic E-state index is 0.0676. The maximum absolute atomic E-state index is 14.2. The number of rotatable bonds is 5. The van der Waals surface area contributed by atoms with Crippen molar-refractivity contribution in [3.05, 3.63) is 35.6 Å². The van der Waals surface area contributed by atoms with E-state index in [2.05, 4.69) is 5.32 Å². The topological polar surface area (TPSA) is 69.6 Å². The zero-order chi connectivity index (χ0) is 16.1. The third-order valence-electron chi connectivity index (χ3n) is 4.02. The van der Waals surface area contributed by atoms with Crippen LogP contribution in [0.3, 0.4) is 0 Å². The van der Waals surface area contributed by atoms with E-state index in [9.17, 15) is 14.0 Å². The molecule has 5 nitrogen and oxygen atoms in total. The molecule has 2 N–H and O–H groups in total. The van der Waals surface area contributed by atoms with E-state index in [0.717, 1.165) is 0 Å². The van der Waals surface area contributed by atoms with Gasteiger partial charge >= 0.3 is 0 Å². The summed E-state index contributed by atoms with van der Waals surface area (Å²) in [5.74, 6) is -1.25. The number of nitrogens with one attached hydrogen (secondary N) is 1. The number of carbonyl (C=O) groups is 2. The number of hydrogen-bond donors (Lipinski definition) is 2. The van der Waals surface area contributed by atoms with Gasteiger partial charge in [-0.2, -0.15) is 0 Å². The van der Waals surface area contributed by atoms with Crippen molar-refractivity contribution in [2.75, 3.05) is 19.7 Å². The molecule has 0 unspecified atom stereocenters. The van der Waals surface area contributed by atoms with Crippen LogP contribution in [0.25, 0.3) is 0 Å². The number of halogens is 1. The molecule has 2 atom stereocenters. The summed E-state index contributed by atoms with van der Waals surface area (Å²) in [6.07, 6.45) is 0.654. The van der Waals surface area contributed by atoms with Crippen LogP contribution in [0.15, 0.2) is 24.3 Å². The van der Waals surface area contributed by atoms with Crippen LogP contribution in [-0.2, 0) is 9.59 Å². The van der Waals surface area contributed by atoms with Gasteiger partial charge in [0, 0.05) is 25.1 Å². The van der Waals surface area contributed by atoms with Crippen molar-refractivity contribution in [3.63, 3.8) is 0 Å². The molecule has 0 bridgehead atoms. The zero-order valence-electron chi connectivity index (χ0n) is 12.6. The van der Waals surface area contributed by atoms with E-state index >= 15 is 0 Å². The minimum Gasteiger partial charge on any atom is -0.395 e. The fraction of sp³-hybridized carbons (Fsp3) is 0.500. The highest BCUT2D eigenvalue weighted by atomic mass is 19.1. The maximum Gasteiger partial charge on any atom is 0.225 e. The molecular weight excluding hydrogens is 287 g/mol. The lowest BCUT2D eigenvalue weighted by molar-refractivity contribution is -0.143. The van der Waals surface area contributed by atoms with E-state index in [0.29, 0.717) is 18.5 Å². The van der Waals surface area contributed by atoms with Crippen LogP contribution in [0.2, 0.25) is 0 Å². The highest BCUT2D eigenvalue weighted by molar-refractivity contribution is 5.85. The standard InChI is InChI=1S/C16H21FN2O3/c1-2-19-14(21)8-7-12(16(22)18-9-10-20)15(19)11-5-3-4-6-13(11)17/h3-6,12,15,20H,2,7-10H2,1H3,(H,18,22)/t12-,15+/m1/s1. The van der Waals surface area contributed by atoms with Crippen molar-refractivity contribution in [3.8, 4) is 0 Å². The normalized spacial score (nSPS) is 21.8. The van der Waals surface area contributed by atoms with Crippen molar-refractivity contribution >= 4 is 11.8 Å². The number of likely N-dealkylation sites (tertiary alicyclic amines) is 1. The highest BCUT2D eigenvalue weighted by Gasteiger charge is 2.40. The van der Waals surface area contributed by atoms with Gasteiger partial charge in [0.1, 0.15) is 5.82 Å². The molecule has 0 saturated carbocycles. The van der Waals surface area contributed by atoms with Gasteiger partial charge in [0.05, 0.1) is 18.6 Å². The first-order chi connectivity index (χ1) is 10.6. The van der Waals surface area contributed by atoms with Crippen molar-refractivity contribution in [1.29, 1.82) is 0 Å². The Balaban J connectivity index is 2.36. The average Bonchev–Trinajstić information content (AvgIpc) is 2.52. The molecule has 120 valence electrons. The highest BCUT2D eigenvalue weighted by Crippen LogP contribution is 2.37. The van der Waals surface area contributed by atoms with Gasteiger partial charge in [-0.25, -0.2) is 4.39 Å². The SMILES string of the molecule is CCN1C(=O)CC[C@@H](C(=O)NCCO)[C@@H]1c1ccccc1F. The Labute approximate surface area is 129 Å². The van der Waals surface area contributed by atoms with Gasteiger partial charge in [-0.15, -0.1) is 0 Å². The smallest absolute Gasteiger partial charge is 0.225 e. The van der Waals surface area contributed by atoms with Gasteiger partial charge in [0.2, 0.25) is 11.8 Å². The van der Waals surface area contributed by atoms with Crippen LogP contribution >= 0.6 is 0 Å². The lowest BCUT2D eigenvalue weighted by atomic mass is 9.83. The Kier molecular flexibility index (Phi) is 5.49. The Bertz CT molecular complexity index is 550. The van der Waals surface area contributed by atoms with E-state index < -0.39 is 17.8 Å². The second-order valence-corrected chi connectivity index (χ2v) is 5.31. The largest absolute Gasteiger partial charge is 0.395 e. The summed E-state index contributed by atoms with van der Waals surface area (Å²) in [7, 11) is 0. The summed E-state index contributed by atoms with van der Waals surface area (Å²) in [6, 6.07) is 5.64. The lowest BCUT2D eigenvalue weighted by Crippen LogP contribution is -2.48. The molecule has 6 heteroatoms. The Morgan fingerprint density at radius 2 is 2.18 bits per heavy atom. The second-order valence-electron chi connectivity index (χ2n) is 5.31. The number of piperidine rings is 1. The fourth-order valence-electron chi connectivity index (χ4n) is 3.01. The van der Waals surface area contributed by atoms with E-state index in [1.165, 1.54) is 6.07 Å². The molecule has 1 aromatic rings. The minimum atomic E-state index is -0.605. The molecule has 0 radical (unpaired) electrons. The summed E-state index contributed by atoms with van der Waals surface area (Å²) in [5, 5.41) is 11.5. The zero-order valence-corrected chi connectivity index (χ0v) is 12.6. The van der Waals surface area contributed by atoms with Crippen LogP contribution in [0, 0.1) is 11.7 Å². The molecular formula is C16H21FN2O3. The summed E-state index contributed by atoms with van der Waals surface area (Å²) in [5.41, 5.74) is 0.363. The molecule has 2 rings (SSSR count). The predicted molar refractivity (Wildman–Crippen MR) is 79.3 cm³/mol. The van der Waals surface area contributed by atoms with E-state index in [-0.39, 0.29) is 31.4 Å². The molecule has 1 heterocycles. The second kappa shape index (κ2) is 7.35. The molecule has 1 aliphatic heterocycles. The molecule has 0 spiro atoms.